The lowest BCUT2D eigenvalue weighted by Crippen LogP contribution is -2.34. The van der Waals surface area contributed by atoms with Gasteiger partial charge < -0.3 is 10.1 Å². The minimum absolute atomic E-state index is 0.771. The minimum atomic E-state index is 0.771. The van der Waals surface area contributed by atoms with Crippen molar-refractivity contribution < 1.29 is 4.74 Å². The Bertz CT molecular complexity index is 441. The lowest BCUT2D eigenvalue weighted by molar-refractivity contribution is 0.276. The standard InChI is InChI=1S/C18H27NO/c1-2-19-17-5-3-4-14(13-17)6-7-15-8-9-18-16(12-15)10-11-20-18/h8-9,12,14,17,19H,2-7,10-11,13H2,1H3. The second kappa shape index (κ2) is 6.62. The first kappa shape index (κ1) is 13.9. The zero-order valence-corrected chi connectivity index (χ0v) is 12.7. The Kier molecular flexibility index (Phi) is 4.62. The summed E-state index contributed by atoms with van der Waals surface area (Å²) in [7, 11) is 0. The molecule has 2 heteroatoms. The molecule has 3 rings (SSSR count). The highest BCUT2D eigenvalue weighted by molar-refractivity contribution is 5.39. The molecule has 1 aromatic carbocycles. The van der Waals surface area contributed by atoms with Gasteiger partial charge >= 0.3 is 0 Å². The van der Waals surface area contributed by atoms with Gasteiger partial charge in [0.2, 0.25) is 0 Å². The Hall–Kier alpha value is -1.02. The van der Waals surface area contributed by atoms with Crippen molar-refractivity contribution >= 4 is 0 Å². The SMILES string of the molecule is CCNC1CCCC(CCc2ccc3c(c2)CCO3)C1. The molecule has 1 aliphatic heterocycles. The van der Waals surface area contributed by atoms with Crippen LogP contribution in [0.2, 0.25) is 0 Å². The zero-order chi connectivity index (χ0) is 13.8. The summed E-state index contributed by atoms with van der Waals surface area (Å²) < 4.78 is 5.58. The average molecular weight is 273 g/mol. The quantitative estimate of drug-likeness (QED) is 0.883. The topological polar surface area (TPSA) is 21.3 Å². The number of rotatable bonds is 5. The molecule has 1 heterocycles. The first-order chi connectivity index (χ1) is 9.85. The van der Waals surface area contributed by atoms with Gasteiger partial charge in [-0.25, -0.2) is 0 Å². The molecule has 20 heavy (non-hydrogen) atoms. The van der Waals surface area contributed by atoms with Crippen molar-refractivity contribution in [2.24, 2.45) is 5.92 Å². The molecule has 0 bridgehead atoms. The van der Waals surface area contributed by atoms with E-state index in [0.717, 1.165) is 37.3 Å². The van der Waals surface area contributed by atoms with E-state index in [2.05, 4.69) is 30.4 Å². The summed E-state index contributed by atoms with van der Waals surface area (Å²) >= 11 is 0. The average Bonchev–Trinajstić information content (AvgIpc) is 2.93. The highest BCUT2D eigenvalue weighted by Gasteiger charge is 2.21. The van der Waals surface area contributed by atoms with Crippen LogP contribution in [0, 0.1) is 5.92 Å². The van der Waals surface area contributed by atoms with Gasteiger partial charge in [0.05, 0.1) is 6.61 Å². The predicted octanol–water partition coefficient (Wildman–Crippen LogP) is 3.72. The van der Waals surface area contributed by atoms with Crippen LogP contribution in [0.4, 0.5) is 0 Å². The molecule has 0 amide bonds. The van der Waals surface area contributed by atoms with Gasteiger partial charge in [-0.1, -0.05) is 31.9 Å². The van der Waals surface area contributed by atoms with E-state index in [9.17, 15) is 0 Å². The van der Waals surface area contributed by atoms with E-state index < -0.39 is 0 Å². The van der Waals surface area contributed by atoms with E-state index >= 15 is 0 Å². The van der Waals surface area contributed by atoms with Gasteiger partial charge in [0.15, 0.2) is 0 Å². The third-order valence-electron chi connectivity index (χ3n) is 4.87. The number of nitrogens with one attached hydrogen (secondary N) is 1. The van der Waals surface area contributed by atoms with E-state index in [4.69, 9.17) is 4.74 Å². The molecule has 2 atom stereocenters. The smallest absolute Gasteiger partial charge is 0.122 e. The number of aryl methyl sites for hydroxylation is 1. The Morgan fingerprint density at radius 2 is 2.25 bits per heavy atom. The number of fused-ring (bicyclic) bond motifs is 1. The van der Waals surface area contributed by atoms with Crippen LogP contribution in [-0.4, -0.2) is 19.2 Å². The highest BCUT2D eigenvalue weighted by atomic mass is 16.5. The molecule has 0 aromatic heterocycles. The summed E-state index contributed by atoms with van der Waals surface area (Å²) in [6, 6.07) is 7.56. The number of hydrogen-bond acceptors (Lipinski definition) is 2. The first-order valence-electron chi connectivity index (χ1n) is 8.33. The Morgan fingerprint density at radius 1 is 1.30 bits per heavy atom. The zero-order valence-electron chi connectivity index (χ0n) is 12.7. The lowest BCUT2D eigenvalue weighted by Gasteiger charge is -2.29. The molecule has 2 nitrogen and oxygen atoms in total. The summed E-state index contributed by atoms with van der Waals surface area (Å²) in [5, 5.41) is 3.63. The highest BCUT2D eigenvalue weighted by Crippen LogP contribution is 2.30. The van der Waals surface area contributed by atoms with Crippen molar-refractivity contribution in [3.8, 4) is 5.75 Å². The van der Waals surface area contributed by atoms with Crippen molar-refractivity contribution in [3.05, 3.63) is 29.3 Å². The molecule has 0 spiro atoms. The summed E-state index contributed by atoms with van der Waals surface area (Å²) in [6.07, 6.45) is 9.26. The van der Waals surface area contributed by atoms with Gasteiger partial charge in [0, 0.05) is 12.5 Å². The molecule has 110 valence electrons. The summed E-state index contributed by atoms with van der Waals surface area (Å²) in [4.78, 5) is 0. The number of ether oxygens (including phenoxy) is 1. The van der Waals surface area contributed by atoms with E-state index in [0.29, 0.717) is 0 Å². The maximum atomic E-state index is 5.58. The third kappa shape index (κ3) is 3.35. The minimum Gasteiger partial charge on any atom is -0.493 e. The third-order valence-corrected chi connectivity index (χ3v) is 4.87. The summed E-state index contributed by atoms with van der Waals surface area (Å²) in [5.74, 6) is 2.02. The van der Waals surface area contributed by atoms with Crippen LogP contribution in [-0.2, 0) is 12.8 Å². The van der Waals surface area contributed by atoms with Crippen LogP contribution in [0.5, 0.6) is 5.75 Å². The number of hydrogen-bond donors (Lipinski definition) is 1. The van der Waals surface area contributed by atoms with Gasteiger partial charge in [-0.2, -0.15) is 0 Å². The molecule has 1 saturated carbocycles. The normalized spacial score (nSPS) is 25.2. The van der Waals surface area contributed by atoms with Crippen molar-refractivity contribution in [1.29, 1.82) is 0 Å². The molecule has 1 fully saturated rings. The Morgan fingerprint density at radius 3 is 3.15 bits per heavy atom. The van der Waals surface area contributed by atoms with Crippen molar-refractivity contribution in [1.82, 2.24) is 5.32 Å². The van der Waals surface area contributed by atoms with Crippen LogP contribution < -0.4 is 10.1 Å². The Balaban J connectivity index is 1.51. The van der Waals surface area contributed by atoms with Gasteiger partial charge in [0.25, 0.3) is 0 Å². The van der Waals surface area contributed by atoms with Gasteiger partial charge in [-0.05, 0) is 55.3 Å². The lowest BCUT2D eigenvalue weighted by atomic mass is 9.82. The fourth-order valence-corrected chi connectivity index (χ4v) is 3.79. The monoisotopic (exact) mass is 273 g/mol. The molecule has 1 aromatic rings. The largest absolute Gasteiger partial charge is 0.493 e. The molecule has 2 aliphatic rings. The van der Waals surface area contributed by atoms with E-state index in [1.807, 2.05) is 0 Å². The second-order valence-electron chi connectivity index (χ2n) is 6.37. The van der Waals surface area contributed by atoms with Gasteiger partial charge in [-0.3, -0.25) is 0 Å². The maximum absolute atomic E-state index is 5.58. The maximum Gasteiger partial charge on any atom is 0.122 e. The molecular weight excluding hydrogens is 246 g/mol. The second-order valence-corrected chi connectivity index (χ2v) is 6.37. The van der Waals surface area contributed by atoms with E-state index in [1.54, 1.807) is 0 Å². The van der Waals surface area contributed by atoms with Gasteiger partial charge in [0.1, 0.15) is 5.75 Å². The Labute approximate surface area is 122 Å². The molecule has 0 saturated heterocycles. The van der Waals surface area contributed by atoms with Crippen LogP contribution in [0.15, 0.2) is 18.2 Å². The molecule has 2 unspecified atom stereocenters. The number of benzene rings is 1. The molecular formula is C18H27NO. The van der Waals surface area contributed by atoms with Gasteiger partial charge in [-0.15, -0.1) is 0 Å². The van der Waals surface area contributed by atoms with Crippen LogP contribution in [0.1, 0.15) is 50.2 Å². The fourth-order valence-electron chi connectivity index (χ4n) is 3.79. The fraction of sp³-hybridized carbons (Fsp3) is 0.667. The van der Waals surface area contributed by atoms with E-state index in [-0.39, 0.29) is 0 Å². The molecule has 0 radical (unpaired) electrons. The van der Waals surface area contributed by atoms with Crippen molar-refractivity contribution in [3.63, 3.8) is 0 Å². The first-order valence-corrected chi connectivity index (χ1v) is 8.33. The molecule has 1 aliphatic carbocycles. The van der Waals surface area contributed by atoms with Crippen LogP contribution in [0.3, 0.4) is 0 Å². The van der Waals surface area contributed by atoms with Crippen molar-refractivity contribution in [2.45, 2.75) is 57.9 Å². The van der Waals surface area contributed by atoms with Crippen LogP contribution in [0.25, 0.3) is 0 Å². The summed E-state index contributed by atoms with van der Waals surface area (Å²) in [5.41, 5.74) is 2.91. The summed E-state index contributed by atoms with van der Waals surface area (Å²) in [6.45, 7) is 4.20. The predicted molar refractivity (Wildman–Crippen MR) is 83.4 cm³/mol. The molecule has 1 N–H and O–H groups in total. The van der Waals surface area contributed by atoms with Crippen molar-refractivity contribution in [2.75, 3.05) is 13.2 Å². The van der Waals surface area contributed by atoms with Crippen LogP contribution >= 0.6 is 0 Å². The van der Waals surface area contributed by atoms with E-state index in [1.165, 1.54) is 49.7 Å².